The van der Waals surface area contributed by atoms with E-state index in [2.05, 4.69) is 10.2 Å². The van der Waals surface area contributed by atoms with Crippen LogP contribution in [0.15, 0.2) is 36.4 Å². The first kappa shape index (κ1) is 32.8. The monoisotopic (exact) mass is 626 g/mol. The fraction of sp³-hybridized carbons (Fsp3) is 0.469. The van der Waals surface area contributed by atoms with Gasteiger partial charge in [0.1, 0.15) is 34.3 Å². The Labute approximate surface area is 261 Å². The number of rotatable bonds is 9. The van der Waals surface area contributed by atoms with Crippen molar-refractivity contribution in [3.63, 3.8) is 0 Å². The number of amides is 2. The zero-order valence-electron chi connectivity index (χ0n) is 26.2. The molecule has 3 aromatic rings. The minimum Gasteiger partial charge on any atom is -0.488 e. The van der Waals surface area contributed by atoms with Crippen LogP contribution in [0, 0.1) is 19.7 Å². The van der Waals surface area contributed by atoms with Gasteiger partial charge in [0.25, 0.3) is 5.91 Å². The van der Waals surface area contributed by atoms with E-state index >= 15 is 0 Å². The Kier molecular flexibility index (Phi) is 10.2. The molecule has 0 spiro atoms. The van der Waals surface area contributed by atoms with E-state index in [-0.39, 0.29) is 18.5 Å². The predicted molar refractivity (Wildman–Crippen MR) is 166 cm³/mol. The van der Waals surface area contributed by atoms with Crippen molar-refractivity contribution < 1.29 is 33.0 Å². The van der Waals surface area contributed by atoms with Crippen LogP contribution >= 0.6 is 11.3 Å². The molecule has 4 rings (SSSR count). The molecular weight excluding hydrogens is 587 g/mol. The highest BCUT2D eigenvalue weighted by Gasteiger charge is 2.43. The number of carbonyl (C=O) groups is 3. The van der Waals surface area contributed by atoms with E-state index < -0.39 is 41.5 Å². The standard InChI is InChI=1S/C32H39FN4O6S/c1-8-9-14-36(28(38)23-12-10-11-13-24(23)33)30-35-34-27(44-30)21-15-19(2)26(20(3)16-21)42-22-17-25(29(39)41-7)37(18-22)31(40)43-32(4,5)6/h10-13,15-16,22,25H,8-9,14,17-18H2,1-7H3. The summed E-state index contributed by atoms with van der Waals surface area (Å²) in [5.74, 6) is -0.936. The third kappa shape index (κ3) is 7.53. The molecular formula is C32H39FN4O6S. The number of ether oxygens (including phenoxy) is 3. The van der Waals surface area contributed by atoms with Crippen molar-refractivity contribution in [3.05, 3.63) is 58.9 Å². The molecule has 1 aromatic heterocycles. The number of anilines is 1. The van der Waals surface area contributed by atoms with Gasteiger partial charge in [-0.2, -0.15) is 0 Å². The van der Waals surface area contributed by atoms with E-state index in [9.17, 15) is 18.8 Å². The Balaban J connectivity index is 1.55. The molecule has 1 fully saturated rings. The molecule has 2 unspecified atom stereocenters. The number of nitrogens with zero attached hydrogens (tertiary/aromatic N) is 4. The van der Waals surface area contributed by atoms with Gasteiger partial charge in [0.15, 0.2) is 0 Å². The van der Waals surface area contributed by atoms with Crippen molar-refractivity contribution in [1.82, 2.24) is 15.1 Å². The molecule has 0 N–H and O–H groups in total. The number of methoxy groups -OCH3 is 1. The maximum Gasteiger partial charge on any atom is 0.411 e. The lowest BCUT2D eigenvalue weighted by atomic mass is 10.1. The molecule has 0 saturated carbocycles. The Morgan fingerprint density at radius 3 is 2.41 bits per heavy atom. The summed E-state index contributed by atoms with van der Waals surface area (Å²) in [5.41, 5.74) is 1.71. The summed E-state index contributed by atoms with van der Waals surface area (Å²) >= 11 is 1.25. The normalized spacial score (nSPS) is 16.5. The number of aromatic nitrogens is 2. The third-order valence-electron chi connectivity index (χ3n) is 7.09. The number of likely N-dealkylation sites (tertiary alicyclic amines) is 1. The molecule has 10 nitrogen and oxygen atoms in total. The average molecular weight is 627 g/mol. The van der Waals surface area contributed by atoms with Gasteiger partial charge in [0, 0.05) is 18.5 Å². The summed E-state index contributed by atoms with van der Waals surface area (Å²) in [6, 6.07) is 8.93. The summed E-state index contributed by atoms with van der Waals surface area (Å²) < 4.78 is 31.3. The number of hydrogen-bond acceptors (Lipinski definition) is 9. The Morgan fingerprint density at radius 1 is 1.11 bits per heavy atom. The number of unbranched alkanes of at least 4 members (excludes halogenated alkanes) is 1. The fourth-order valence-corrected chi connectivity index (χ4v) is 5.87. The third-order valence-corrected chi connectivity index (χ3v) is 8.08. The van der Waals surface area contributed by atoms with Gasteiger partial charge >= 0.3 is 12.1 Å². The van der Waals surface area contributed by atoms with E-state index in [0.717, 1.165) is 29.5 Å². The zero-order valence-corrected chi connectivity index (χ0v) is 27.0. The lowest BCUT2D eigenvalue weighted by Crippen LogP contribution is -2.44. The lowest BCUT2D eigenvalue weighted by molar-refractivity contribution is -0.145. The van der Waals surface area contributed by atoms with Crippen LogP contribution in [-0.2, 0) is 14.3 Å². The van der Waals surface area contributed by atoms with E-state index in [1.807, 2.05) is 32.9 Å². The first-order valence-electron chi connectivity index (χ1n) is 14.6. The molecule has 2 heterocycles. The number of benzene rings is 2. The second-order valence-corrected chi connectivity index (χ2v) is 12.7. The Morgan fingerprint density at radius 2 is 1.80 bits per heavy atom. The highest BCUT2D eigenvalue weighted by molar-refractivity contribution is 7.18. The van der Waals surface area contributed by atoms with Gasteiger partial charge in [-0.05, 0) is 76.4 Å². The van der Waals surface area contributed by atoms with E-state index in [1.165, 1.54) is 40.4 Å². The molecule has 0 radical (unpaired) electrons. The highest BCUT2D eigenvalue weighted by atomic mass is 32.1. The second kappa shape index (κ2) is 13.7. The second-order valence-electron chi connectivity index (χ2n) is 11.8. The summed E-state index contributed by atoms with van der Waals surface area (Å²) in [5, 5.41) is 9.64. The number of hydrogen-bond donors (Lipinski definition) is 0. The van der Waals surface area contributed by atoms with Crippen LogP contribution in [0.25, 0.3) is 10.6 Å². The topological polar surface area (TPSA) is 111 Å². The minimum atomic E-state index is -0.817. The van der Waals surface area contributed by atoms with E-state index in [4.69, 9.17) is 14.2 Å². The van der Waals surface area contributed by atoms with E-state index in [1.54, 1.807) is 32.9 Å². The molecule has 0 aliphatic carbocycles. The summed E-state index contributed by atoms with van der Waals surface area (Å²) in [7, 11) is 1.29. The van der Waals surface area contributed by atoms with Crippen LogP contribution in [-0.4, -0.2) is 71.0 Å². The highest BCUT2D eigenvalue weighted by Crippen LogP contribution is 2.36. The van der Waals surface area contributed by atoms with Crippen molar-refractivity contribution in [1.29, 1.82) is 0 Å². The molecule has 1 aliphatic heterocycles. The van der Waals surface area contributed by atoms with Crippen LogP contribution < -0.4 is 9.64 Å². The zero-order chi connectivity index (χ0) is 32.2. The number of aryl methyl sites for hydroxylation is 2. The quantitative estimate of drug-likeness (QED) is 0.253. The van der Waals surface area contributed by atoms with Gasteiger partial charge in [-0.15, -0.1) is 10.2 Å². The molecule has 0 bridgehead atoms. The maximum absolute atomic E-state index is 14.4. The van der Waals surface area contributed by atoms with Gasteiger partial charge in [-0.1, -0.05) is 36.8 Å². The number of halogens is 1. The molecule has 2 amide bonds. The molecule has 1 aliphatic rings. The average Bonchev–Trinajstić information content (AvgIpc) is 3.62. The van der Waals surface area contributed by atoms with Crippen LogP contribution in [0.1, 0.15) is 68.4 Å². The first-order valence-corrected chi connectivity index (χ1v) is 15.4. The molecule has 44 heavy (non-hydrogen) atoms. The van der Waals surface area contributed by atoms with Crippen LogP contribution in [0.4, 0.5) is 14.3 Å². The van der Waals surface area contributed by atoms with Gasteiger partial charge in [0.05, 0.1) is 19.2 Å². The smallest absolute Gasteiger partial charge is 0.411 e. The molecule has 236 valence electrons. The minimum absolute atomic E-state index is 0.0138. The van der Waals surface area contributed by atoms with Crippen LogP contribution in [0.3, 0.4) is 0 Å². The van der Waals surface area contributed by atoms with Crippen molar-refractivity contribution in [2.75, 3.05) is 25.1 Å². The fourth-order valence-electron chi connectivity index (χ4n) is 5.01. The molecule has 12 heteroatoms. The van der Waals surface area contributed by atoms with Crippen LogP contribution in [0.2, 0.25) is 0 Å². The first-order chi connectivity index (χ1) is 20.8. The molecule has 1 saturated heterocycles. The SMILES string of the molecule is CCCCN(C(=O)c1ccccc1F)c1nnc(-c2cc(C)c(OC3CC(C(=O)OC)N(C(=O)OC(C)(C)C)C3)c(C)c2)s1. The lowest BCUT2D eigenvalue weighted by Gasteiger charge is -2.27. The summed E-state index contributed by atoms with van der Waals surface area (Å²) in [6.45, 7) is 11.7. The predicted octanol–water partition coefficient (Wildman–Crippen LogP) is 6.34. The van der Waals surface area contributed by atoms with E-state index in [0.29, 0.717) is 22.4 Å². The molecule has 2 atom stereocenters. The Hall–Kier alpha value is -4.06. The van der Waals surface area contributed by atoms with Gasteiger partial charge < -0.3 is 14.2 Å². The van der Waals surface area contributed by atoms with Crippen molar-refractivity contribution >= 4 is 34.4 Å². The molecule has 2 aromatic carbocycles. The van der Waals surface area contributed by atoms with Crippen molar-refractivity contribution in [3.8, 4) is 16.3 Å². The number of esters is 1. The van der Waals surface area contributed by atoms with Gasteiger partial charge in [-0.25, -0.2) is 14.0 Å². The van der Waals surface area contributed by atoms with Gasteiger partial charge in [0.2, 0.25) is 5.13 Å². The van der Waals surface area contributed by atoms with Crippen LogP contribution in [0.5, 0.6) is 5.75 Å². The van der Waals surface area contributed by atoms with Crippen molar-refractivity contribution in [2.24, 2.45) is 0 Å². The Bertz CT molecular complexity index is 1500. The van der Waals surface area contributed by atoms with Crippen molar-refractivity contribution in [2.45, 2.75) is 78.6 Å². The number of carbonyl (C=O) groups excluding carboxylic acids is 3. The largest absolute Gasteiger partial charge is 0.488 e. The van der Waals surface area contributed by atoms with Gasteiger partial charge in [-0.3, -0.25) is 14.6 Å². The maximum atomic E-state index is 14.4. The summed E-state index contributed by atoms with van der Waals surface area (Å²) in [6.07, 6.45) is 0.776. The summed E-state index contributed by atoms with van der Waals surface area (Å²) in [4.78, 5) is 41.5.